The summed E-state index contributed by atoms with van der Waals surface area (Å²) in [5.74, 6) is -1.06. The average molecular weight is 438 g/mol. The van der Waals surface area contributed by atoms with Gasteiger partial charge in [-0.15, -0.1) is 0 Å². The van der Waals surface area contributed by atoms with Crippen LogP contribution in [0, 0.1) is 16.7 Å². The highest BCUT2D eigenvalue weighted by Gasteiger charge is 2.64. The van der Waals surface area contributed by atoms with Crippen molar-refractivity contribution in [3.8, 4) is 0 Å². The van der Waals surface area contributed by atoms with E-state index in [2.05, 4.69) is 66.0 Å². The van der Waals surface area contributed by atoms with Crippen molar-refractivity contribution in [2.75, 3.05) is 40.4 Å². The minimum absolute atomic E-state index is 0.0514. The maximum Gasteiger partial charge on any atom is 0.227 e. The molecule has 0 bridgehead atoms. The molecule has 180 valence electrons. The van der Waals surface area contributed by atoms with Gasteiger partial charge in [0, 0.05) is 32.6 Å². The molecular weight excluding hydrogens is 390 g/mol. The van der Waals surface area contributed by atoms with Crippen LogP contribution in [0.15, 0.2) is 12.2 Å². The summed E-state index contributed by atoms with van der Waals surface area (Å²) in [6.45, 7) is 17.7. The van der Waals surface area contributed by atoms with Gasteiger partial charge in [-0.1, -0.05) is 40.7 Å². The number of amides is 1. The zero-order valence-corrected chi connectivity index (χ0v) is 21.5. The number of nitrogens with one attached hydrogen (secondary N) is 1. The van der Waals surface area contributed by atoms with E-state index in [1.54, 1.807) is 0 Å². The molecule has 0 radical (unpaired) electrons. The molecule has 1 saturated heterocycles. The Balaban J connectivity index is 2.69. The molecule has 2 unspecified atom stereocenters. The largest absolute Gasteiger partial charge is 0.344 e. The molecule has 2 fully saturated rings. The second-order valence-corrected chi connectivity index (χ2v) is 11.1. The molecule has 6 heteroatoms. The zero-order chi connectivity index (χ0) is 23.5. The van der Waals surface area contributed by atoms with Crippen LogP contribution in [0.2, 0.25) is 0 Å². The number of carbonyl (C=O) groups excluding carboxylic acids is 1. The Morgan fingerprint density at radius 3 is 2.10 bits per heavy atom. The van der Waals surface area contributed by atoms with Crippen LogP contribution >= 0.6 is 0 Å². The summed E-state index contributed by atoms with van der Waals surface area (Å²) in [6, 6.07) is 0. The molecule has 2 aliphatic rings. The summed E-state index contributed by atoms with van der Waals surface area (Å²) in [5, 5.41) is 1.97. The Kier molecular flexibility index (Phi) is 8.40. The summed E-state index contributed by atoms with van der Waals surface area (Å²) in [4.78, 5) is 15.8. The Morgan fingerprint density at radius 1 is 1.03 bits per heavy atom. The lowest BCUT2D eigenvalue weighted by Crippen LogP contribution is -2.76. The van der Waals surface area contributed by atoms with Crippen molar-refractivity contribution in [1.82, 2.24) is 15.3 Å². The maximum absolute atomic E-state index is 13.9. The van der Waals surface area contributed by atoms with Crippen molar-refractivity contribution >= 4 is 5.91 Å². The van der Waals surface area contributed by atoms with Gasteiger partial charge in [-0.3, -0.25) is 4.79 Å². The standard InChI is InChI=1S/C25H47N3O3/c1-10-13-15-25(30-18-23(6,7)19-31-25)24(26-27(8)9)17-22(4,5)16-14-20(24)21(29)28(11-2)12-3/h13,15,20,26H,10-12,14,16-19H2,1-9H3/b15-13-. The first-order chi connectivity index (χ1) is 14.4. The Bertz CT molecular complexity index is 630. The molecule has 1 aliphatic heterocycles. The fourth-order valence-corrected chi connectivity index (χ4v) is 5.26. The van der Waals surface area contributed by atoms with Crippen LogP contribution in [0.1, 0.15) is 74.1 Å². The number of nitrogens with zero attached hydrogens (tertiary/aromatic N) is 2. The van der Waals surface area contributed by atoms with Gasteiger partial charge in [-0.2, -0.15) is 0 Å². The quantitative estimate of drug-likeness (QED) is 0.455. The van der Waals surface area contributed by atoms with Gasteiger partial charge in [0.1, 0.15) is 5.54 Å². The van der Waals surface area contributed by atoms with Crippen LogP contribution in [0.5, 0.6) is 0 Å². The van der Waals surface area contributed by atoms with Crippen molar-refractivity contribution < 1.29 is 14.3 Å². The average Bonchev–Trinajstić information content (AvgIpc) is 2.67. The predicted molar refractivity (Wildman–Crippen MR) is 126 cm³/mol. The third-order valence-electron chi connectivity index (χ3n) is 6.81. The second-order valence-electron chi connectivity index (χ2n) is 11.1. The number of rotatable bonds is 8. The molecular formula is C25H47N3O3. The molecule has 31 heavy (non-hydrogen) atoms. The molecule has 1 N–H and O–H groups in total. The first kappa shape index (κ1) is 26.3. The molecule has 1 aliphatic carbocycles. The van der Waals surface area contributed by atoms with Gasteiger partial charge in [0.25, 0.3) is 0 Å². The third kappa shape index (κ3) is 5.52. The predicted octanol–water partition coefficient (Wildman–Crippen LogP) is 4.22. The highest BCUT2D eigenvalue weighted by atomic mass is 16.7. The topological polar surface area (TPSA) is 54.0 Å². The minimum Gasteiger partial charge on any atom is -0.344 e. The lowest BCUT2D eigenvalue weighted by Gasteiger charge is -2.60. The summed E-state index contributed by atoms with van der Waals surface area (Å²) in [6.07, 6.45) is 7.68. The van der Waals surface area contributed by atoms with E-state index < -0.39 is 11.3 Å². The minimum atomic E-state index is -1.01. The number of hydrogen-bond donors (Lipinski definition) is 1. The van der Waals surface area contributed by atoms with Gasteiger partial charge in [-0.25, -0.2) is 10.4 Å². The Morgan fingerprint density at radius 2 is 1.61 bits per heavy atom. The summed E-state index contributed by atoms with van der Waals surface area (Å²) in [7, 11) is 3.98. The number of hydrazine groups is 1. The SMILES string of the molecule is CC/C=C\C1(C2(NN(C)C)CC(C)(C)CCC2C(=O)N(CC)CC)OCC(C)(C)CO1. The molecule has 2 rings (SSSR count). The Labute approximate surface area is 190 Å². The number of carbonyl (C=O) groups is 1. The third-order valence-corrected chi connectivity index (χ3v) is 6.81. The van der Waals surface area contributed by atoms with Crippen LogP contribution in [0.4, 0.5) is 0 Å². The van der Waals surface area contributed by atoms with Gasteiger partial charge in [0.2, 0.25) is 11.7 Å². The Hall–Kier alpha value is -0.950. The first-order valence-electron chi connectivity index (χ1n) is 12.1. The maximum atomic E-state index is 13.9. The van der Waals surface area contributed by atoms with E-state index in [0.717, 1.165) is 25.7 Å². The van der Waals surface area contributed by atoms with Crippen molar-refractivity contribution in [2.45, 2.75) is 85.5 Å². The van der Waals surface area contributed by atoms with Crippen LogP contribution in [0.25, 0.3) is 0 Å². The van der Waals surface area contributed by atoms with Gasteiger partial charge >= 0.3 is 0 Å². The highest BCUT2D eigenvalue weighted by Crippen LogP contribution is 2.53. The molecule has 2 atom stereocenters. The molecule has 1 heterocycles. The molecule has 0 aromatic heterocycles. The second kappa shape index (κ2) is 9.90. The summed E-state index contributed by atoms with van der Waals surface area (Å²) in [5.41, 5.74) is 3.00. The number of hydrogen-bond acceptors (Lipinski definition) is 5. The van der Waals surface area contributed by atoms with Crippen LogP contribution in [0.3, 0.4) is 0 Å². The van der Waals surface area contributed by atoms with E-state index in [4.69, 9.17) is 9.47 Å². The van der Waals surface area contributed by atoms with E-state index in [0.29, 0.717) is 26.3 Å². The van der Waals surface area contributed by atoms with Crippen molar-refractivity contribution in [3.05, 3.63) is 12.2 Å². The number of allylic oxidation sites excluding steroid dienone is 1. The van der Waals surface area contributed by atoms with E-state index >= 15 is 0 Å². The van der Waals surface area contributed by atoms with Gasteiger partial charge in [0.05, 0.1) is 19.1 Å². The monoisotopic (exact) mass is 437 g/mol. The normalized spacial score (nSPS) is 29.9. The van der Waals surface area contributed by atoms with Gasteiger partial charge in [-0.05, 0) is 51.0 Å². The van der Waals surface area contributed by atoms with Crippen LogP contribution in [-0.2, 0) is 14.3 Å². The summed E-state index contributed by atoms with van der Waals surface area (Å²) < 4.78 is 13.4. The van der Waals surface area contributed by atoms with Gasteiger partial charge < -0.3 is 14.4 Å². The van der Waals surface area contributed by atoms with E-state index in [-0.39, 0.29) is 22.7 Å². The van der Waals surface area contributed by atoms with Crippen molar-refractivity contribution in [2.24, 2.45) is 16.7 Å². The molecule has 0 spiro atoms. The fourth-order valence-electron chi connectivity index (χ4n) is 5.26. The first-order valence-corrected chi connectivity index (χ1v) is 12.1. The molecule has 0 aromatic rings. The van der Waals surface area contributed by atoms with Crippen LogP contribution in [-0.4, -0.2) is 67.5 Å². The fraction of sp³-hybridized carbons (Fsp3) is 0.880. The molecule has 0 aromatic carbocycles. The van der Waals surface area contributed by atoms with Crippen LogP contribution < -0.4 is 5.43 Å². The molecule has 1 amide bonds. The molecule has 1 saturated carbocycles. The highest BCUT2D eigenvalue weighted by molar-refractivity contribution is 5.81. The van der Waals surface area contributed by atoms with Crippen molar-refractivity contribution in [3.63, 3.8) is 0 Å². The lowest BCUT2D eigenvalue weighted by molar-refractivity contribution is -0.326. The number of ether oxygens (including phenoxy) is 2. The zero-order valence-electron chi connectivity index (χ0n) is 21.5. The van der Waals surface area contributed by atoms with E-state index in [9.17, 15) is 4.79 Å². The lowest BCUT2D eigenvalue weighted by atomic mass is 9.59. The van der Waals surface area contributed by atoms with Gasteiger partial charge in [0.15, 0.2) is 0 Å². The van der Waals surface area contributed by atoms with E-state index in [1.807, 2.05) is 24.0 Å². The smallest absolute Gasteiger partial charge is 0.227 e. The molecule has 6 nitrogen and oxygen atoms in total. The van der Waals surface area contributed by atoms with Crippen molar-refractivity contribution in [1.29, 1.82) is 0 Å². The summed E-state index contributed by atoms with van der Waals surface area (Å²) >= 11 is 0. The van der Waals surface area contributed by atoms with E-state index in [1.165, 1.54) is 0 Å².